The van der Waals surface area contributed by atoms with Gasteiger partial charge in [0.2, 0.25) is 15.9 Å². The van der Waals surface area contributed by atoms with Crippen LogP contribution in [0.15, 0.2) is 48.5 Å². The zero-order valence-corrected chi connectivity index (χ0v) is 14.9. The van der Waals surface area contributed by atoms with E-state index in [0.717, 1.165) is 17.4 Å². The molecule has 2 aromatic rings. The van der Waals surface area contributed by atoms with E-state index in [1.807, 2.05) is 24.3 Å². The average molecular weight is 360 g/mol. The van der Waals surface area contributed by atoms with Gasteiger partial charge in [-0.15, -0.1) is 0 Å². The Morgan fingerprint density at radius 2 is 1.76 bits per heavy atom. The maximum Gasteiger partial charge on any atom is 0.243 e. The van der Waals surface area contributed by atoms with Crippen LogP contribution >= 0.6 is 0 Å². The molecule has 3 rings (SSSR count). The van der Waals surface area contributed by atoms with Gasteiger partial charge in [-0.05, 0) is 41.8 Å². The van der Waals surface area contributed by atoms with E-state index in [-0.39, 0.29) is 12.5 Å². The summed E-state index contributed by atoms with van der Waals surface area (Å²) >= 11 is 0. The molecule has 1 aliphatic heterocycles. The monoisotopic (exact) mass is 360 g/mol. The van der Waals surface area contributed by atoms with Gasteiger partial charge in [-0.25, -0.2) is 8.42 Å². The molecule has 0 aromatic heterocycles. The normalized spacial score (nSPS) is 17.6. The van der Waals surface area contributed by atoms with Crippen molar-refractivity contribution in [2.24, 2.45) is 0 Å². The van der Waals surface area contributed by atoms with Crippen molar-refractivity contribution in [1.29, 1.82) is 0 Å². The number of hydrogen-bond acceptors (Lipinski definition) is 4. The molecule has 1 unspecified atom stereocenters. The van der Waals surface area contributed by atoms with E-state index >= 15 is 0 Å². The summed E-state index contributed by atoms with van der Waals surface area (Å²) in [4.78, 5) is 12.7. The molecule has 132 valence electrons. The van der Waals surface area contributed by atoms with Crippen LogP contribution in [0.5, 0.6) is 5.75 Å². The number of methoxy groups -OCH3 is 1. The Morgan fingerprint density at radius 1 is 1.12 bits per heavy atom. The summed E-state index contributed by atoms with van der Waals surface area (Å²) in [6.45, 7) is 0.204. The van der Waals surface area contributed by atoms with Crippen LogP contribution < -0.4 is 10.1 Å². The van der Waals surface area contributed by atoms with E-state index in [2.05, 4.69) is 5.32 Å². The first-order valence-electron chi connectivity index (χ1n) is 7.87. The molecule has 7 heteroatoms. The smallest absolute Gasteiger partial charge is 0.243 e. The second-order valence-electron chi connectivity index (χ2n) is 6.01. The van der Waals surface area contributed by atoms with E-state index in [9.17, 15) is 13.2 Å². The molecule has 0 aliphatic carbocycles. The molecule has 6 nitrogen and oxygen atoms in total. The van der Waals surface area contributed by atoms with Gasteiger partial charge in [0.05, 0.1) is 13.4 Å². The van der Waals surface area contributed by atoms with Crippen LogP contribution in [0.25, 0.3) is 0 Å². The Bertz CT molecular complexity index is 878. The molecule has 1 atom stereocenters. The molecular weight excluding hydrogens is 340 g/mol. The fourth-order valence-corrected chi connectivity index (χ4v) is 3.98. The zero-order valence-electron chi connectivity index (χ0n) is 14.1. The quantitative estimate of drug-likeness (QED) is 0.905. The summed E-state index contributed by atoms with van der Waals surface area (Å²) in [6, 6.07) is 13.7. The van der Waals surface area contributed by atoms with E-state index < -0.39 is 16.1 Å². The molecule has 1 amide bonds. The Balaban J connectivity index is 1.85. The van der Waals surface area contributed by atoms with Crippen molar-refractivity contribution in [2.75, 3.05) is 18.7 Å². The third-order valence-electron chi connectivity index (χ3n) is 4.29. The van der Waals surface area contributed by atoms with Crippen molar-refractivity contribution in [3.05, 3.63) is 59.7 Å². The lowest BCUT2D eigenvalue weighted by atomic mass is 9.95. The standard InChI is InChI=1S/C18H20N2O4S/c1-24-16-9-7-15(8-10-16)19-18(21)17-11-13-5-3-4-6-14(13)12-20(17)25(2,22)23/h3-10,17H,11-12H2,1-2H3,(H,19,21). The minimum atomic E-state index is -3.51. The van der Waals surface area contributed by atoms with Gasteiger partial charge in [-0.3, -0.25) is 4.79 Å². The largest absolute Gasteiger partial charge is 0.497 e. The summed E-state index contributed by atoms with van der Waals surface area (Å²) in [7, 11) is -1.95. The Labute approximate surface area is 147 Å². The topological polar surface area (TPSA) is 75.7 Å². The summed E-state index contributed by atoms with van der Waals surface area (Å²) < 4.78 is 30.7. The van der Waals surface area contributed by atoms with Crippen molar-refractivity contribution in [3.8, 4) is 5.75 Å². The van der Waals surface area contributed by atoms with Gasteiger partial charge in [0.15, 0.2) is 0 Å². The minimum Gasteiger partial charge on any atom is -0.497 e. The minimum absolute atomic E-state index is 0.204. The summed E-state index contributed by atoms with van der Waals surface area (Å²) in [5.41, 5.74) is 2.52. The van der Waals surface area contributed by atoms with Crippen molar-refractivity contribution in [1.82, 2.24) is 4.31 Å². The molecule has 25 heavy (non-hydrogen) atoms. The lowest BCUT2D eigenvalue weighted by molar-refractivity contribution is -0.120. The van der Waals surface area contributed by atoms with Crippen LogP contribution in [0.3, 0.4) is 0 Å². The first-order valence-corrected chi connectivity index (χ1v) is 9.72. The number of sulfonamides is 1. The van der Waals surface area contributed by atoms with Crippen molar-refractivity contribution >= 4 is 21.6 Å². The number of ether oxygens (including phenoxy) is 1. The maximum atomic E-state index is 12.7. The Morgan fingerprint density at radius 3 is 2.36 bits per heavy atom. The van der Waals surface area contributed by atoms with E-state index in [1.54, 1.807) is 31.4 Å². The van der Waals surface area contributed by atoms with Crippen LogP contribution in [0.2, 0.25) is 0 Å². The number of amides is 1. The van der Waals surface area contributed by atoms with Gasteiger partial charge in [0.25, 0.3) is 0 Å². The van der Waals surface area contributed by atoms with Crippen molar-refractivity contribution < 1.29 is 17.9 Å². The van der Waals surface area contributed by atoms with Crippen LogP contribution in [0.4, 0.5) is 5.69 Å². The third-order valence-corrected chi connectivity index (χ3v) is 5.53. The number of nitrogens with one attached hydrogen (secondary N) is 1. The molecule has 0 fully saturated rings. The summed E-state index contributed by atoms with van der Waals surface area (Å²) in [5, 5.41) is 2.80. The number of anilines is 1. The lowest BCUT2D eigenvalue weighted by Crippen LogP contribution is -2.50. The van der Waals surface area contributed by atoms with Gasteiger partial charge in [0.1, 0.15) is 11.8 Å². The molecule has 1 aliphatic rings. The van der Waals surface area contributed by atoms with Gasteiger partial charge in [0, 0.05) is 12.2 Å². The Hall–Kier alpha value is -2.38. The number of nitrogens with zero attached hydrogens (tertiary/aromatic N) is 1. The highest BCUT2D eigenvalue weighted by molar-refractivity contribution is 7.88. The molecule has 1 N–H and O–H groups in total. The van der Waals surface area contributed by atoms with Crippen LogP contribution in [-0.4, -0.2) is 38.0 Å². The van der Waals surface area contributed by atoms with Crippen LogP contribution in [-0.2, 0) is 27.8 Å². The number of carbonyl (C=O) groups excluding carboxylic acids is 1. The number of carbonyl (C=O) groups is 1. The highest BCUT2D eigenvalue weighted by Gasteiger charge is 2.36. The lowest BCUT2D eigenvalue weighted by Gasteiger charge is -2.34. The molecule has 0 radical (unpaired) electrons. The molecule has 0 bridgehead atoms. The van der Waals surface area contributed by atoms with E-state index in [1.165, 1.54) is 4.31 Å². The van der Waals surface area contributed by atoms with E-state index in [0.29, 0.717) is 17.9 Å². The highest BCUT2D eigenvalue weighted by atomic mass is 32.2. The first-order chi connectivity index (χ1) is 11.9. The number of hydrogen-bond donors (Lipinski definition) is 1. The molecule has 0 saturated carbocycles. The van der Waals surface area contributed by atoms with Gasteiger partial charge >= 0.3 is 0 Å². The predicted molar refractivity (Wildman–Crippen MR) is 95.9 cm³/mol. The maximum absolute atomic E-state index is 12.7. The second-order valence-corrected chi connectivity index (χ2v) is 7.95. The highest BCUT2D eigenvalue weighted by Crippen LogP contribution is 2.26. The first kappa shape index (κ1) is 17.4. The summed E-state index contributed by atoms with van der Waals surface area (Å²) in [6.07, 6.45) is 1.49. The van der Waals surface area contributed by atoms with Gasteiger partial charge in [-0.2, -0.15) is 4.31 Å². The van der Waals surface area contributed by atoms with Crippen LogP contribution in [0, 0.1) is 0 Å². The molecule has 0 saturated heterocycles. The number of rotatable bonds is 4. The number of fused-ring (bicyclic) bond motifs is 1. The fraction of sp³-hybridized carbons (Fsp3) is 0.278. The fourth-order valence-electron chi connectivity index (χ4n) is 2.97. The number of benzene rings is 2. The summed E-state index contributed by atoms with van der Waals surface area (Å²) in [5.74, 6) is 0.340. The van der Waals surface area contributed by atoms with Crippen molar-refractivity contribution in [2.45, 2.75) is 19.0 Å². The van der Waals surface area contributed by atoms with Crippen molar-refractivity contribution in [3.63, 3.8) is 0 Å². The second kappa shape index (κ2) is 6.85. The van der Waals surface area contributed by atoms with Crippen LogP contribution in [0.1, 0.15) is 11.1 Å². The molecule has 0 spiro atoms. The van der Waals surface area contributed by atoms with Gasteiger partial charge < -0.3 is 10.1 Å². The SMILES string of the molecule is COc1ccc(NC(=O)C2Cc3ccccc3CN2S(C)(=O)=O)cc1. The molecular formula is C18H20N2O4S. The molecule has 2 aromatic carbocycles. The van der Waals surface area contributed by atoms with Gasteiger partial charge in [-0.1, -0.05) is 24.3 Å². The molecule has 1 heterocycles. The predicted octanol–water partition coefficient (Wildman–Crippen LogP) is 2.02. The zero-order chi connectivity index (χ0) is 18.0. The average Bonchev–Trinajstić information content (AvgIpc) is 2.60. The van der Waals surface area contributed by atoms with E-state index in [4.69, 9.17) is 4.74 Å². The third kappa shape index (κ3) is 3.83. The Kier molecular flexibility index (Phi) is 4.78.